The Bertz CT molecular complexity index is 1090. The number of anilines is 1. The first-order valence-electron chi connectivity index (χ1n) is 11.0. The Hall–Kier alpha value is -3.15. The van der Waals surface area contributed by atoms with Crippen LogP contribution in [0.2, 0.25) is 0 Å². The third-order valence-electron chi connectivity index (χ3n) is 5.36. The molecule has 35 heavy (non-hydrogen) atoms. The van der Waals surface area contributed by atoms with Crippen LogP contribution in [0.25, 0.3) is 6.08 Å². The van der Waals surface area contributed by atoms with E-state index in [0.717, 1.165) is 25.0 Å². The van der Waals surface area contributed by atoms with Gasteiger partial charge in [0, 0.05) is 37.8 Å². The average molecular weight is 509 g/mol. The molecule has 0 unspecified atom stereocenters. The molecule has 3 rings (SSSR count). The minimum atomic E-state index is -3.86. The topological polar surface area (TPSA) is 105 Å². The summed E-state index contributed by atoms with van der Waals surface area (Å²) in [6.45, 7) is 4.30. The third-order valence-corrected chi connectivity index (χ3v) is 6.37. The van der Waals surface area contributed by atoms with Crippen LogP contribution in [0.15, 0.2) is 35.7 Å². The highest BCUT2D eigenvalue weighted by Crippen LogP contribution is 2.35. The second-order valence-electron chi connectivity index (χ2n) is 7.56. The number of nitrogens with one attached hydrogen (secondary N) is 1. The van der Waals surface area contributed by atoms with Gasteiger partial charge in [0.15, 0.2) is 11.5 Å². The molecule has 1 fully saturated rings. The van der Waals surface area contributed by atoms with Gasteiger partial charge < -0.3 is 28.4 Å². The van der Waals surface area contributed by atoms with Crippen LogP contribution in [0.4, 0.5) is 5.69 Å². The van der Waals surface area contributed by atoms with Crippen molar-refractivity contribution < 1.29 is 36.8 Å². The minimum absolute atomic E-state index is 0.338. The Morgan fingerprint density at radius 3 is 2.17 bits per heavy atom. The number of benzene rings is 2. The van der Waals surface area contributed by atoms with Gasteiger partial charge in [-0.05, 0) is 18.2 Å². The van der Waals surface area contributed by atoms with Crippen molar-refractivity contribution in [1.82, 2.24) is 4.90 Å². The summed E-state index contributed by atoms with van der Waals surface area (Å²) in [5.74, 6) is 2.30. The fourth-order valence-corrected chi connectivity index (χ4v) is 4.35. The second-order valence-corrected chi connectivity index (χ2v) is 9.13. The van der Waals surface area contributed by atoms with Crippen LogP contribution in [0.5, 0.6) is 28.7 Å². The molecule has 0 aliphatic carbocycles. The van der Waals surface area contributed by atoms with Gasteiger partial charge in [0.25, 0.3) is 10.0 Å². The largest absolute Gasteiger partial charge is 0.496 e. The highest BCUT2D eigenvalue weighted by atomic mass is 32.2. The van der Waals surface area contributed by atoms with Crippen LogP contribution < -0.4 is 28.4 Å². The Morgan fingerprint density at radius 2 is 1.57 bits per heavy atom. The van der Waals surface area contributed by atoms with Crippen molar-refractivity contribution in [2.75, 3.05) is 72.6 Å². The lowest BCUT2D eigenvalue weighted by atomic mass is 10.1. The maximum absolute atomic E-state index is 12.8. The summed E-state index contributed by atoms with van der Waals surface area (Å²) in [4.78, 5) is 2.25. The fourth-order valence-electron chi connectivity index (χ4n) is 3.52. The van der Waals surface area contributed by atoms with E-state index in [0.29, 0.717) is 59.8 Å². The summed E-state index contributed by atoms with van der Waals surface area (Å²) in [5.41, 5.74) is 0.800. The molecule has 192 valence electrons. The van der Waals surface area contributed by atoms with Crippen LogP contribution in [0, 0.1) is 0 Å². The van der Waals surface area contributed by atoms with E-state index in [1.54, 1.807) is 30.3 Å². The molecule has 10 nitrogen and oxygen atoms in total. The van der Waals surface area contributed by atoms with Gasteiger partial charge in [-0.2, -0.15) is 0 Å². The van der Waals surface area contributed by atoms with E-state index in [1.165, 1.54) is 34.5 Å². The highest BCUT2D eigenvalue weighted by Gasteiger charge is 2.15. The molecule has 2 aromatic rings. The van der Waals surface area contributed by atoms with Crippen LogP contribution in [0.1, 0.15) is 5.56 Å². The van der Waals surface area contributed by atoms with Crippen molar-refractivity contribution in [2.24, 2.45) is 0 Å². The Balaban J connectivity index is 1.73. The zero-order chi connectivity index (χ0) is 25.3. The lowest BCUT2D eigenvalue weighted by Gasteiger charge is -2.26. The smallest absolute Gasteiger partial charge is 0.255 e. The van der Waals surface area contributed by atoms with Gasteiger partial charge in [-0.25, -0.2) is 8.42 Å². The Morgan fingerprint density at radius 1 is 0.914 bits per heavy atom. The van der Waals surface area contributed by atoms with Gasteiger partial charge in [-0.1, -0.05) is 0 Å². The van der Waals surface area contributed by atoms with E-state index in [-0.39, 0.29) is 0 Å². The van der Waals surface area contributed by atoms with Gasteiger partial charge in [-0.3, -0.25) is 9.62 Å². The predicted octanol–water partition coefficient (Wildman–Crippen LogP) is 2.84. The van der Waals surface area contributed by atoms with Gasteiger partial charge in [0.2, 0.25) is 0 Å². The lowest BCUT2D eigenvalue weighted by Crippen LogP contribution is -2.38. The summed E-state index contributed by atoms with van der Waals surface area (Å²) < 4.78 is 60.7. The molecule has 0 bridgehead atoms. The SMILES string of the molecule is COc1cc(OC)c(C=CS(=O)(=O)Nc2ccc(OC)c(OCCN3CCOCC3)c2)c(OC)c1. The quantitative estimate of drug-likeness (QED) is 0.463. The van der Waals surface area contributed by atoms with Crippen molar-refractivity contribution in [3.63, 3.8) is 0 Å². The normalized spacial score (nSPS) is 14.5. The molecule has 1 N–H and O–H groups in total. The second kappa shape index (κ2) is 12.5. The first-order valence-corrected chi connectivity index (χ1v) is 12.6. The Labute approximate surface area is 206 Å². The molecule has 0 aromatic heterocycles. The van der Waals surface area contributed by atoms with E-state index in [2.05, 4.69) is 9.62 Å². The molecule has 11 heteroatoms. The van der Waals surface area contributed by atoms with E-state index in [1.807, 2.05) is 0 Å². The number of morpholine rings is 1. The molecular weight excluding hydrogens is 476 g/mol. The maximum atomic E-state index is 12.8. The summed E-state index contributed by atoms with van der Waals surface area (Å²) in [6.07, 6.45) is 1.41. The monoisotopic (exact) mass is 508 g/mol. The first kappa shape index (κ1) is 26.5. The van der Waals surface area contributed by atoms with Gasteiger partial charge in [0.1, 0.15) is 23.9 Å². The first-order chi connectivity index (χ1) is 16.9. The van der Waals surface area contributed by atoms with Gasteiger partial charge >= 0.3 is 0 Å². The van der Waals surface area contributed by atoms with E-state index in [4.69, 9.17) is 28.4 Å². The fraction of sp³-hybridized carbons (Fsp3) is 0.417. The highest BCUT2D eigenvalue weighted by molar-refractivity contribution is 7.95. The molecule has 2 aromatic carbocycles. The molecule has 0 spiro atoms. The molecule has 0 radical (unpaired) electrons. The van der Waals surface area contributed by atoms with Crippen molar-refractivity contribution in [3.8, 4) is 28.7 Å². The average Bonchev–Trinajstić information content (AvgIpc) is 2.87. The molecule has 0 saturated carbocycles. The zero-order valence-electron chi connectivity index (χ0n) is 20.4. The van der Waals surface area contributed by atoms with Gasteiger partial charge in [-0.15, -0.1) is 0 Å². The van der Waals surface area contributed by atoms with Crippen molar-refractivity contribution in [3.05, 3.63) is 41.3 Å². The zero-order valence-corrected chi connectivity index (χ0v) is 21.2. The van der Waals surface area contributed by atoms with Crippen molar-refractivity contribution >= 4 is 21.8 Å². The minimum Gasteiger partial charge on any atom is -0.496 e. The molecular formula is C24H32N2O8S. The number of methoxy groups -OCH3 is 4. The molecule has 1 aliphatic heterocycles. The molecule has 0 amide bonds. The molecule has 1 saturated heterocycles. The molecule has 1 aliphatic rings. The lowest BCUT2D eigenvalue weighted by molar-refractivity contribution is 0.0321. The number of nitrogens with zero attached hydrogens (tertiary/aromatic N) is 1. The van der Waals surface area contributed by atoms with Crippen LogP contribution in [-0.4, -0.2) is 81.2 Å². The van der Waals surface area contributed by atoms with Gasteiger partial charge in [0.05, 0.1) is 58.3 Å². The van der Waals surface area contributed by atoms with E-state index in [9.17, 15) is 8.42 Å². The van der Waals surface area contributed by atoms with E-state index >= 15 is 0 Å². The number of hydrogen-bond acceptors (Lipinski definition) is 9. The van der Waals surface area contributed by atoms with Crippen molar-refractivity contribution in [1.29, 1.82) is 0 Å². The van der Waals surface area contributed by atoms with Crippen molar-refractivity contribution in [2.45, 2.75) is 0 Å². The summed E-state index contributed by atoms with van der Waals surface area (Å²) in [5, 5.41) is 1.04. The molecule has 0 atom stereocenters. The van der Waals surface area contributed by atoms with Crippen LogP contribution >= 0.6 is 0 Å². The molecule has 1 heterocycles. The number of rotatable bonds is 12. The Kier molecular flexibility index (Phi) is 9.47. The standard InChI is InChI=1S/C24H32N2O8S/c1-29-19-16-22(31-3)20(23(17-19)32-4)7-14-35(27,28)25-18-5-6-21(30-2)24(15-18)34-13-10-26-8-11-33-12-9-26/h5-7,14-17,25H,8-13H2,1-4H3. The number of sulfonamides is 1. The predicted molar refractivity (Wildman–Crippen MR) is 133 cm³/mol. The maximum Gasteiger partial charge on any atom is 0.255 e. The number of ether oxygens (including phenoxy) is 6. The number of hydrogen-bond donors (Lipinski definition) is 1. The third kappa shape index (κ3) is 7.41. The summed E-state index contributed by atoms with van der Waals surface area (Å²) in [7, 11) is 2.16. The summed E-state index contributed by atoms with van der Waals surface area (Å²) >= 11 is 0. The van der Waals surface area contributed by atoms with E-state index < -0.39 is 10.0 Å². The van der Waals surface area contributed by atoms with Crippen LogP contribution in [-0.2, 0) is 14.8 Å². The van der Waals surface area contributed by atoms with Crippen LogP contribution in [0.3, 0.4) is 0 Å². The summed E-state index contributed by atoms with van der Waals surface area (Å²) in [6, 6.07) is 8.14.